The molecule has 0 atom stereocenters. The summed E-state index contributed by atoms with van der Waals surface area (Å²) in [4.78, 5) is 4.97. The van der Waals surface area contributed by atoms with E-state index in [1.54, 1.807) is 0 Å². The van der Waals surface area contributed by atoms with Crippen LogP contribution in [0.3, 0.4) is 0 Å². The Kier molecular flexibility index (Phi) is 3.53. The number of aromatic nitrogens is 2. The average molecular weight is 347 g/mol. The third-order valence-electron chi connectivity index (χ3n) is 5.35. The van der Waals surface area contributed by atoms with Crippen molar-refractivity contribution in [3.63, 3.8) is 0 Å². The van der Waals surface area contributed by atoms with Gasteiger partial charge in [0.1, 0.15) is 5.82 Å². The maximum absolute atomic E-state index is 6.21. The van der Waals surface area contributed by atoms with E-state index >= 15 is 0 Å². The van der Waals surface area contributed by atoms with Crippen LogP contribution in [0.1, 0.15) is 31.7 Å². The highest BCUT2D eigenvalue weighted by Gasteiger charge is 2.23. The van der Waals surface area contributed by atoms with E-state index in [0.29, 0.717) is 6.04 Å². The molecule has 1 aliphatic carbocycles. The minimum Gasteiger partial charge on any atom is -0.321 e. The van der Waals surface area contributed by atoms with Crippen molar-refractivity contribution in [2.45, 2.75) is 31.7 Å². The van der Waals surface area contributed by atoms with Gasteiger partial charge in [0.2, 0.25) is 0 Å². The fraction of sp³-hybridized carbons (Fsp3) is 0.227. The Bertz CT molecular complexity index is 1070. The van der Waals surface area contributed by atoms with Crippen LogP contribution >= 0.6 is 11.6 Å². The van der Waals surface area contributed by atoms with Crippen LogP contribution in [-0.4, -0.2) is 9.55 Å². The van der Waals surface area contributed by atoms with Crippen LogP contribution in [0.25, 0.3) is 33.2 Å². The van der Waals surface area contributed by atoms with E-state index in [2.05, 4.69) is 53.1 Å². The number of halogens is 1. The summed E-state index contributed by atoms with van der Waals surface area (Å²) in [6, 6.07) is 21.7. The van der Waals surface area contributed by atoms with Crippen LogP contribution in [0.4, 0.5) is 0 Å². The molecule has 3 heteroatoms. The highest BCUT2D eigenvalue weighted by molar-refractivity contribution is 6.31. The summed E-state index contributed by atoms with van der Waals surface area (Å²) in [7, 11) is 0. The van der Waals surface area contributed by atoms with E-state index in [1.807, 2.05) is 12.1 Å². The van der Waals surface area contributed by atoms with Gasteiger partial charge in [-0.1, -0.05) is 60.8 Å². The van der Waals surface area contributed by atoms with Crippen molar-refractivity contribution in [1.82, 2.24) is 9.55 Å². The third kappa shape index (κ3) is 2.52. The molecule has 1 fully saturated rings. The van der Waals surface area contributed by atoms with Gasteiger partial charge in [-0.25, -0.2) is 4.98 Å². The zero-order valence-corrected chi connectivity index (χ0v) is 14.7. The average Bonchev–Trinajstić information content (AvgIpc) is 3.28. The van der Waals surface area contributed by atoms with Crippen molar-refractivity contribution >= 4 is 33.4 Å². The molecule has 1 heterocycles. The van der Waals surface area contributed by atoms with Gasteiger partial charge in [-0.3, -0.25) is 0 Å². The molecule has 1 saturated carbocycles. The summed E-state index contributed by atoms with van der Waals surface area (Å²) in [5.74, 6) is 1.06. The molecule has 0 N–H and O–H groups in total. The lowest BCUT2D eigenvalue weighted by atomic mass is 10.1. The molecule has 5 rings (SSSR count). The van der Waals surface area contributed by atoms with Gasteiger partial charge in [0.15, 0.2) is 0 Å². The predicted octanol–water partition coefficient (Wildman–Crippen LogP) is 6.63. The zero-order chi connectivity index (χ0) is 16.8. The molecule has 0 unspecified atom stereocenters. The second kappa shape index (κ2) is 5.89. The van der Waals surface area contributed by atoms with Crippen molar-refractivity contribution in [2.24, 2.45) is 0 Å². The van der Waals surface area contributed by atoms with Crippen molar-refractivity contribution in [2.75, 3.05) is 0 Å². The van der Waals surface area contributed by atoms with Crippen LogP contribution in [0, 0.1) is 0 Å². The van der Waals surface area contributed by atoms with Crippen LogP contribution in [0.5, 0.6) is 0 Å². The molecule has 0 bridgehead atoms. The van der Waals surface area contributed by atoms with Gasteiger partial charge in [-0.2, -0.15) is 0 Å². The number of benzene rings is 3. The standard InChI is InChI=1S/C22H19ClN2/c23-18-11-12-21-20(14-18)24-22(25(21)19-7-3-4-8-19)17-10-9-15-5-1-2-6-16(15)13-17/h1-2,5-6,9-14,19H,3-4,7-8H2. The molecule has 0 radical (unpaired) electrons. The number of hydrogen-bond donors (Lipinski definition) is 0. The molecule has 25 heavy (non-hydrogen) atoms. The Balaban J connectivity index is 1.76. The van der Waals surface area contributed by atoms with Crippen molar-refractivity contribution < 1.29 is 0 Å². The molecule has 4 aromatic rings. The highest BCUT2D eigenvalue weighted by Crippen LogP contribution is 2.38. The van der Waals surface area contributed by atoms with Gasteiger partial charge >= 0.3 is 0 Å². The monoisotopic (exact) mass is 346 g/mol. The Morgan fingerprint density at radius 2 is 1.68 bits per heavy atom. The number of nitrogens with zero attached hydrogens (tertiary/aromatic N) is 2. The Labute approximate surface area is 152 Å². The highest BCUT2D eigenvalue weighted by atomic mass is 35.5. The lowest BCUT2D eigenvalue weighted by Crippen LogP contribution is -2.06. The molecule has 0 saturated heterocycles. The fourth-order valence-electron chi connectivity index (χ4n) is 4.14. The van der Waals surface area contributed by atoms with E-state index in [1.165, 1.54) is 47.5 Å². The number of hydrogen-bond acceptors (Lipinski definition) is 1. The lowest BCUT2D eigenvalue weighted by molar-refractivity contribution is 0.537. The first kappa shape index (κ1) is 15.0. The SMILES string of the molecule is Clc1ccc2c(c1)nc(-c1ccc3ccccc3c1)n2C1CCCC1. The molecular weight excluding hydrogens is 328 g/mol. The van der Waals surface area contributed by atoms with Crippen LogP contribution < -0.4 is 0 Å². The lowest BCUT2D eigenvalue weighted by Gasteiger charge is -2.17. The second-order valence-corrected chi connectivity index (χ2v) is 7.38. The first-order chi connectivity index (χ1) is 12.3. The van der Waals surface area contributed by atoms with Crippen molar-refractivity contribution in [3.05, 3.63) is 65.7 Å². The van der Waals surface area contributed by atoms with Gasteiger partial charge in [-0.15, -0.1) is 0 Å². The van der Waals surface area contributed by atoms with E-state index in [9.17, 15) is 0 Å². The first-order valence-electron chi connectivity index (χ1n) is 8.96. The fourth-order valence-corrected chi connectivity index (χ4v) is 4.30. The maximum Gasteiger partial charge on any atom is 0.141 e. The molecule has 1 aliphatic rings. The van der Waals surface area contributed by atoms with Gasteiger partial charge < -0.3 is 4.57 Å². The summed E-state index contributed by atoms with van der Waals surface area (Å²) in [5, 5.41) is 3.26. The van der Waals surface area contributed by atoms with Gasteiger partial charge in [0, 0.05) is 16.6 Å². The molecule has 1 aromatic heterocycles. The minimum atomic E-state index is 0.535. The second-order valence-electron chi connectivity index (χ2n) is 6.94. The summed E-state index contributed by atoms with van der Waals surface area (Å²) in [6.07, 6.45) is 5.06. The van der Waals surface area contributed by atoms with E-state index in [4.69, 9.17) is 16.6 Å². The third-order valence-corrected chi connectivity index (χ3v) is 5.58. The largest absolute Gasteiger partial charge is 0.321 e. The molecule has 0 spiro atoms. The zero-order valence-electron chi connectivity index (χ0n) is 14.0. The molecule has 3 aromatic carbocycles. The molecule has 0 amide bonds. The Hall–Kier alpha value is -2.32. The number of rotatable bonds is 2. The van der Waals surface area contributed by atoms with Gasteiger partial charge in [0.05, 0.1) is 11.0 Å². The normalized spacial score (nSPS) is 15.4. The predicted molar refractivity (Wildman–Crippen MR) is 105 cm³/mol. The van der Waals surface area contributed by atoms with E-state index in [-0.39, 0.29) is 0 Å². The summed E-state index contributed by atoms with van der Waals surface area (Å²) < 4.78 is 2.45. The smallest absolute Gasteiger partial charge is 0.141 e. The topological polar surface area (TPSA) is 17.8 Å². The molecule has 2 nitrogen and oxygen atoms in total. The molecule has 124 valence electrons. The Morgan fingerprint density at radius 1 is 0.880 bits per heavy atom. The van der Waals surface area contributed by atoms with Gasteiger partial charge in [0.25, 0.3) is 0 Å². The summed E-state index contributed by atoms with van der Waals surface area (Å²) >= 11 is 6.21. The number of fused-ring (bicyclic) bond motifs is 2. The quantitative estimate of drug-likeness (QED) is 0.398. The molecule has 0 aliphatic heterocycles. The van der Waals surface area contributed by atoms with Gasteiger partial charge in [-0.05, 0) is 47.9 Å². The van der Waals surface area contributed by atoms with Crippen LogP contribution in [0.15, 0.2) is 60.7 Å². The van der Waals surface area contributed by atoms with Crippen molar-refractivity contribution in [3.8, 4) is 11.4 Å². The first-order valence-corrected chi connectivity index (χ1v) is 9.34. The molecular formula is C22H19ClN2. The summed E-state index contributed by atoms with van der Waals surface area (Å²) in [5.41, 5.74) is 3.36. The number of imidazole rings is 1. The van der Waals surface area contributed by atoms with Crippen molar-refractivity contribution in [1.29, 1.82) is 0 Å². The minimum absolute atomic E-state index is 0.535. The maximum atomic E-state index is 6.21. The summed E-state index contributed by atoms with van der Waals surface area (Å²) in [6.45, 7) is 0. The van der Waals surface area contributed by atoms with E-state index < -0.39 is 0 Å². The van der Waals surface area contributed by atoms with Crippen LogP contribution in [-0.2, 0) is 0 Å². The van der Waals surface area contributed by atoms with Crippen LogP contribution in [0.2, 0.25) is 5.02 Å². The van der Waals surface area contributed by atoms with E-state index in [0.717, 1.165) is 16.4 Å². The Morgan fingerprint density at radius 3 is 2.52 bits per heavy atom.